The number of carboxylic acid groups (broad SMARTS) is 1. The Balaban J connectivity index is 2.04. The first-order chi connectivity index (χ1) is 8.11. The van der Waals surface area contributed by atoms with Gasteiger partial charge in [0.1, 0.15) is 0 Å². The van der Waals surface area contributed by atoms with E-state index in [1.54, 1.807) is 0 Å². The van der Waals surface area contributed by atoms with Crippen molar-refractivity contribution in [1.82, 2.24) is 5.32 Å². The summed E-state index contributed by atoms with van der Waals surface area (Å²) in [7, 11) is 0. The number of carboxylic acids is 1. The van der Waals surface area contributed by atoms with Crippen molar-refractivity contribution in [3.05, 3.63) is 0 Å². The number of hydrogen-bond donors (Lipinski definition) is 2. The molecule has 100 valence electrons. The predicted octanol–water partition coefficient (Wildman–Crippen LogP) is 1.75. The van der Waals surface area contributed by atoms with Crippen LogP contribution in [-0.4, -0.2) is 37.4 Å². The monoisotopic (exact) mass is 243 g/mol. The fraction of sp³-hybridized carbons (Fsp3) is 0.923. The predicted molar refractivity (Wildman–Crippen MR) is 67.0 cm³/mol. The van der Waals surface area contributed by atoms with E-state index in [9.17, 15) is 4.79 Å². The highest BCUT2D eigenvalue weighted by atomic mass is 16.5. The van der Waals surface area contributed by atoms with E-state index < -0.39 is 5.97 Å². The van der Waals surface area contributed by atoms with E-state index in [-0.39, 0.29) is 5.92 Å². The molecule has 1 fully saturated rings. The molecule has 0 aromatic rings. The van der Waals surface area contributed by atoms with E-state index in [0.717, 1.165) is 39.0 Å². The first-order valence-electron chi connectivity index (χ1n) is 6.62. The third-order valence-electron chi connectivity index (χ3n) is 3.26. The van der Waals surface area contributed by atoms with Gasteiger partial charge >= 0.3 is 5.97 Å². The molecule has 0 bridgehead atoms. The summed E-state index contributed by atoms with van der Waals surface area (Å²) in [6, 6.07) is 0. The number of hydrogen-bond acceptors (Lipinski definition) is 3. The average Bonchev–Trinajstić information content (AvgIpc) is 2.71. The van der Waals surface area contributed by atoms with E-state index in [1.165, 1.54) is 0 Å². The van der Waals surface area contributed by atoms with Crippen LogP contribution in [0.15, 0.2) is 0 Å². The molecule has 0 saturated heterocycles. The highest BCUT2D eigenvalue weighted by molar-refractivity contribution is 5.70. The van der Waals surface area contributed by atoms with E-state index in [0.29, 0.717) is 18.4 Å². The molecule has 0 aromatic heterocycles. The van der Waals surface area contributed by atoms with Crippen LogP contribution in [0, 0.1) is 17.8 Å². The van der Waals surface area contributed by atoms with Crippen LogP contribution in [0.2, 0.25) is 0 Å². The van der Waals surface area contributed by atoms with E-state index >= 15 is 0 Å². The van der Waals surface area contributed by atoms with Crippen LogP contribution in [0.25, 0.3) is 0 Å². The van der Waals surface area contributed by atoms with Gasteiger partial charge in [0.2, 0.25) is 0 Å². The highest BCUT2D eigenvalue weighted by Crippen LogP contribution is 2.31. The minimum Gasteiger partial charge on any atom is -0.481 e. The van der Waals surface area contributed by atoms with Crippen molar-refractivity contribution in [3.63, 3.8) is 0 Å². The van der Waals surface area contributed by atoms with Crippen molar-refractivity contribution in [1.29, 1.82) is 0 Å². The van der Waals surface area contributed by atoms with Gasteiger partial charge in [-0.3, -0.25) is 4.79 Å². The summed E-state index contributed by atoms with van der Waals surface area (Å²) in [5.74, 6) is 0.100. The summed E-state index contributed by atoms with van der Waals surface area (Å²) >= 11 is 0. The fourth-order valence-corrected chi connectivity index (χ4v) is 2.36. The second kappa shape index (κ2) is 7.67. The van der Waals surface area contributed by atoms with Crippen molar-refractivity contribution >= 4 is 5.97 Å². The Bertz CT molecular complexity index is 231. The van der Waals surface area contributed by atoms with Crippen LogP contribution in [-0.2, 0) is 9.53 Å². The molecule has 1 rings (SSSR count). The lowest BCUT2D eigenvalue weighted by atomic mass is 9.96. The molecule has 1 aliphatic rings. The molecule has 0 aliphatic heterocycles. The Hall–Kier alpha value is -0.610. The molecule has 2 atom stereocenters. The molecule has 0 heterocycles. The van der Waals surface area contributed by atoms with Crippen molar-refractivity contribution in [3.8, 4) is 0 Å². The zero-order valence-corrected chi connectivity index (χ0v) is 10.9. The van der Waals surface area contributed by atoms with Crippen molar-refractivity contribution < 1.29 is 14.6 Å². The van der Waals surface area contributed by atoms with E-state index in [1.807, 2.05) is 0 Å². The molecule has 1 saturated carbocycles. The highest BCUT2D eigenvalue weighted by Gasteiger charge is 2.32. The van der Waals surface area contributed by atoms with Crippen LogP contribution in [0.5, 0.6) is 0 Å². The van der Waals surface area contributed by atoms with Gasteiger partial charge in [-0.25, -0.2) is 0 Å². The molecule has 17 heavy (non-hydrogen) atoms. The van der Waals surface area contributed by atoms with Gasteiger partial charge in [-0.1, -0.05) is 20.3 Å². The molecule has 0 amide bonds. The Labute approximate surface area is 104 Å². The summed E-state index contributed by atoms with van der Waals surface area (Å²) in [5, 5.41) is 12.3. The van der Waals surface area contributed by atoms with Gasteiger partial charge in [-0.15, -0.1) is 0 Å². The normalized spacial score (nSPS) is 24.4. The molecular formula is C13H25NO3. The Kier molecular flexibility index (Phi) is 6.52. The molecule has 4 nitrogen and oxygen atoms in total. The van der Waals surface area contributed by atoms with E-state index in [4.69, 9.17) is 9.84 Å². The smallest absolute Gasteiger partial charge is 0.306 e. The lowest BCUT2D eigenvalue weighted by Gasteiger charge is -2.16. The van der Waals surface area contributed by atoms with Gasteiger partial charge in [0.15, 0.2) is 0 Å². The van der Waals surface area contributed by atoms with Gasteiger partial charge in [0, 0.05) is 13.2 Å². The van der Waals surface area contributed by atoms with Crippen molar-refractivity contribution in [2.24, 2.45) is 17.8 Å². The third kappa shape index (κ3) is 5.50. The summed E-state index contributed by atoms with van der Waals surface area (Å²) in [6.07, 6.45) is 2.93. The number of aliphatic carboxylic acids is 1. The van der Waals surface area contributed by atoms with Gasteiger partial charge in [0.05, 0.1) is 12.5 Å². The largest absolute Gasteiger partial charge is 0.481 e. The number of nitrogens with one attached hydrogen (secondary N) is 1. The maximum Gasteiger partial charge on any atom is 0.306 e. The zero-order valence-electron chi connectivity index (χ0n) is 10.9. The van der Waals surface area contributed by atoms with Gasteiger partial charge in [-0.05, 0) is 31.2 Å². The number of rotatable bonds is 8. The number of carbonyl (C=O) groups is 1. The summed E-state index contributed by atoms with van der Waals surface area (Å²) in [5.41, 5.74) is 0. The first kappa shape index (κ1) is 14.5. The van der Waals surface area contributed by atoms with Crippen molar-refractivity contribution in [2.45, 2.75) is 33.1 Å². The van der Waals surface area contributed by atoms with Crippen LogP contribution in [0.1, 0.15) is 33.1 Å². The minimum atomic E-state index is -0.634. The summed E-state index contributed by atoms with van der Waals surface area (Å²) in [4.78, 5) is 11.0. The minimum absolute atomic E-state index is 0.140. The first-order valence-corrected chi connectivity index (χ1v) is 6.62. The van der Waals surface area contributed by atoms with Gasteiger partial charge < -0.3 is 15.2 Å². The maximum atomic E-state index is 11.0. The second-order valence-corrected chi connectivity index (χ2v) is 5.31. The van der Waals surface area contributed by atoms with E-state index in [2.05, 4.69) is 19.2 Å². The Morgan fingerprint density at radius 3 is 2.88 bits per heavy atom. The Morgan fingerprint density at radius 2 is 2.24 bits per heavy atom. The quantitative estimate of drug-likeness (QED) is 0.638. The fourth-order valence-electron chi connectivity index (χ4n) is 2.36. The lowest BCUT2D eigenvalue weighted by molar-refractivity contribution is -0.142. The standard InChI is InChI=1S/C13H25NO3/c1-10(2)9-17-7-6-14-8-11-4-3-5-12(11)13(15)16/h10-12,14H,3-9H2,1-2H3,(H,15,16). The maximum absolute atomic E-state index is 11.0. The summed E-state index contributed by atoms with van der Waals surface area (Å²) in [6.45, 7) is 7.38. The Morgan fingerprint density at radius 1 is 1.47 bits per heavy atom. The molecule has 2 unspecified atom stereocenters. The third-order valence-corrected chi connectivity index (χ3v) is 3.26. The molecule has 0 radical (unpaired) electrons. The number of ether oxygens (including phenoxy) is 1. The van der Waals surface area contributed by atoms with Crippen LogP contribution in [0.3, 0.4) is 0 Å². The SMILES string of the molecule is CC(C)COCCNCC1CCCC1C(=O)O. The molecule has 1 aliphatic carbocycles. The molecular weight excluding hydrogens is 218 g/mol. The van der Waals surface area contributed by atoms with Crippen LogP contribution < -0.4 is 5.32 Å². The summed E-state index contributed by atoms with van der Waals surface area (Å²) < 4.78 is 5.46. The van der Waals surface area contributed by atoms with Gasteiger partial charge in [0.25, 0.3) is 0 Å². The van der Waals surface area contributed by atoms with Crippen molar-refractivity contribution in [2.75, 3.05) is 26.3 Å². The topological polar surface area (TPSA) is 58.6 Å². The average molecular weight is 243 g/mol. The molecule has 0 spiro atoms. The zero-order chi connectivity index (χ0) is 12.7. The van der Waals surface area contributed by atoms with Crippen LogP contribution in [0.4, 0.5) is 0 Å². The lowest BCUT2D eigenvalue weighted by Crippen LogP contribution is -2.31. The second-order valence-electron chi connectivity index (χ2n) is 5.31. The molecule has 2 N–H and O–H groups in total. The van der Waals surface area contributed by atoms with Crippen LogP contribution >= 0.6 is 0 Å². The van der Waals surface area contributed by atoms with Gasteiger partial charge in [-0.2, -0.15) is 0 Å². The molecule has 0 aromatic carbocycles. The molecule has 4 heteroatoms.